The number of nitrogens with zero attached hydrogens (tertiary/aromatic N) is 1. The summed E-state index contributed by atoms with van der Waals surface area (Å²) < 4.78 is 6.08. The molecular formula is C16H18N2O2S2. The summed E-state index contributed by atoms with van der Waals surface area (Å²) in [5.74, 6) is -0.250. The second kappa shape index (κ2) is 6.30. The second-order valence-electron chi connectivity index (χ2n) is 5.39. The highest BCUT2D eigenvalue weighted by Crippen LogP contribution is 2.31. The van der Waals surface area contributed by atoms with Gasteiger partial charge in [0.15, 0.2) is 0 Å². The molecule has 3 rings (SSSR count). The van der Waals surface area contributed by atoms with Crippen LogP contribution in [0.2, 0.25) is 0 Å². The molecule has 0 spiro atoms. The lowest BCUT2D eigenvalue weighted by molar-refractivity contribution is -0.142. The number of thiocarbonyl (C=S) groups is 1. The molecule has 0 radical (unpaired) electrons. The maximum absolute atomic E-state index is 11.2. The Morgan fingerprint density at radius 1 is 1.50 bits per heavy atom. The number of rotatable bonds is 2. The van der Waals surface area contributed by atoms with Crippen LogP contribution < -0.4 is 0 Å². The number of fused-ring (bicyclic) bond motifs is 3. The van der Waals surface area contributed by atoms with Crippen LogP contribution in [0, 0.1) is 0 Å². The first kappa shape index (κ1) is 15.4. The van der Waals surface area contributed by atoms with Crippen molar-refractivity contribution in [3.63, 3.8) is 0 Å². The van der Waals surface area contributed by atoms with E-state index in [0.29, 0.717) is 6.61 Å². The van der Waals surface area contributed by atoms with E-state index in [4.69, 9.17) is 17.0 Å². The average Bonchev–Trinajstić information content (AvgIpc) is 2.88. The van der Waals surface area contributed by atoms with E-state index in [1.165, 1.54) is 23.6 Å². The summed E-state index contributed by atoms with van der Waals surface area (Å²) in [7, 11) is 0. The molecule has 1 N–H and O–H groups in total. The molecule has 6 heteroatoms. The van der Waals surface area contributed by atoms with Crippen LogP contribution in [0.1, 0.15) is 18.2 Å². The first-order valence-corrected chi connectivity index (χ1v) is 8.80. The number of aromatic amines is 1. The third-order valence-electron chi connectivity index (χ3n) is 4.00. The van der Waals surface area contributed by atoms with E-state index in [2.05, 4.69) is 28.1 Å². The van der Waals surface area contributed by atoms with Crippen LogP contribution in [-0.4, -0.2) is 39.1 Å². The molecule has 2 aromatic rings. The predicted octanol–water partition coefficient (Wildman–Crippen LogP) is 3.11. The van der Waals surface area contributed by atoms with Gasteiger partial charge in [0, 0.05) is 23.5 Å². The van der Waals surface area contributed by atoms with Gasteiger partial charge in [-0.05, 0) is 24.3 Å². The lowest BCUT2D eigenvalue weighted by atomic mass is 9.97. The molecule has 1 atom stereocenters. The topological polar surface area (TPSA) is 45.3 Å². The fourth-order valence-electron chi connectivity index (χ4n) is 2.96. The maximum Gasteiger partial charge on any atom is 0.302 e. The largest absolute Gasteiger partial charge is 0.464 e. The molecule has 1 aromatic heterocycles. The summed E-state index contributed by atoms with van der Waals surface area (Å²) in [4.78, 5) is 16.8. The zero-order chi connectivity index (χ0) is 15.7. The first-order valence-electron chi connectivity index (χ1n) is 7.16. The summed E-state index contributed by atoms with van der Waals surface area (Å²) in [6.07, 6.45) is 2.80. The molecule has 0 fully saturated rings. The monoisotopic (exact) mass is 334 g/mol. The van der Waals surface area contributed by atoms with Gasteiger partial charge < -0.3 is 14.6 Å². The molecule has 22 heavy (non-hydrogen) atoms. The number of aromatic nitrogens is 1. The first-order chi connectivity index (χ1) is 10.6. The number of para-hydroxylation sites is 1. The number of thioether (sulfide) groups is 1. The van der Waals surface area contributed by atoms with Crippen molar-refractivity contribution in [3.8, 4) is 0 Å². The second-order valence-corrected chi connectivity index (χ2v) is 6.83. The van der Waals surface area contributed by atoms with E-state index in [0.717, 1.165) is 22.8 Å². The molecule has 0 unspecified atom stereocenters. The lowest BCUT2D eigenvalue weighted by Crippen LogP contribution is -2.45. The third-order valence-corrected chi connectivity index (χ3v) is 5.32. The van der Waals surface area contributed by atoms with Crippen LogP contribution in [-0.2, 0) is 22.5 Å². The number of carbonyl (C=O) groups excluding carboxylic acids is 1. The van der Waals surface area contributed by atoms with Crippen LogP contribution in [0.3, 0.4) is 0 Å². The molecule has 1 aliphatic rings. The predicted molar refractivity (Wildman–Crippen MR) is 94.1 cm³/mol. The minimum absolute atomic E-state index is 0.0931. The molecule has 0 bridgehead atoms. The Hall–Kier alpha value is -1.53. The third kappa shape index (κ3) is 2.85. The van der Waals surface area contributed by atoms with Crippen molar-refractivity contribution in [1.82, 2.24) is 9.88 Å². The van der Waals surface area contributed by atoms with Gasteiger partial charge in [-0.15, -0.1) is 11.8 Å². The smallest absolute Gasteiger partial charge is 0.302 e. The minimum Gasteiger partial charge on any atom is -0.464 e. The van der Waals surface area contributed by atoms with Gasteiger partial charge >= 0.3 is 5.97 Å². The maximum atomic E-state index is 11.2. The standard InChI is InChI=1S/C16H18N2O2S2/c1-10(19)20-9-11-7-13-12-5-3-4-6-14(12)17-15(13)8-18(11)16(21)22-2/h3-6,11,17H,7-9H2,1-2H3/t11-/m0/s1. The normalized spacial score (nSPS) is 17.4. The van der Waals surface area contributed by atoms with Crippen molar-refractivity contribution in [2.75, 3.05) is 12.9 Å². The Labute approximate surface area is 139 Å². The molecule has 1 aromatic carbocycles. The number of hydrogen-bond donors (Lipinski definition) is 1. The van der Waals surface area contributed by atoms with E-state index >= 15 is 0 Å². The number of ether oxygens (including phenoxy) is 1. The summed E-state index contributed by atoms with van der Waals surface area (Å²) in [6.45, 7) is 2.54. The van der Waals surface area contributed by atoms with Crippen LogP contribution in [0.5, 0.6) is 0 Å². The highest BCUT2D eigenvalue weighted by molar-refractivity contribution is 8.22. The zero-order valence-electron chi connectivity index (χ0n) is 12.6. The Morgan fingerprint density at radius 3 is 3.00 bits per heavy atom. The van der Waals surface area contributed by atoms with E-state index in [1.54, 1.807) is 11.8 Å². The highest BCUT2D eigenvalue weighted by atomic mass is 32.2. The van der Waals surface area contributed by atoms with Gasteiger partial charge in [-0.3, -0.25) is 4.79 Å². The van der Waals surface area contributed by atoms with Crippen molar-refractivity contribution in [2.24, 2.45) is 0 Å². The number of nitrogens with one attached hydrogen (secondary N) is 1. The van der Waals surface area contributed by atoms with Crippen LogP contribution >= 0.6 is 24.0 Å². The van der Waals surface area contributed by atoms with Crippen molar-refractivity contribution >= 4 is 45.2 Å². The number of benzene rings is 1. The summed E-state index contributed by atoms with van der Waals surface area (Å²) >= 11 is 7.03. The summed E-state index contributed by atoms with van der Waals surface area (Å²) in [5, 5.41) is 1.25. The number of H-pyrrole nitrogens is 1. The van der Waals surface area contributed by atoms with Crippen molar-refractivity contribution in [3.05, 3.63) is 35.5 Å². The molecule has 2 heterocycles. The highest BCUT2D eigenvalue weighted by Gasteiger charge is 2.30. The Bertz CT molecular complexity index is 726. The van der Waals surface area contributed by atoms with E-state index < -0.39 is 0 Å². The molecule has 1 aliphatic heterocycles. The van der Waals surface area contributed by atoms with Gasteiger partial charge in [0.25, 0.3) is 0 Å². The molecule has 0 saturated heterocycles. The van der Waals surface area contributed by atoms with E-state index in [1.807, 2.05) is 12.3 Å². The lowest BCUT2D eigenvalue weighted by Gasteiger charge is -2.36. The summed E-state index contributed by atoms with van der Waals surface area (Å²) in [6, 6.07) is 8.40. The minimum atomic E-state index is -0.250. The Kier molecular flexibility index (Phi) is 4.40. The Balaban J connectivity index is 1.95. The van der Waals surface area contributed by atoms with E-state index in [9.17, 15) is 4.79 Å². The summed E-state index contributed by atoms with van der Waals surface area (Å²) in [5.41, 5.74) is 3.67. The van der Waals surface area contributed by atoms with E-state index in [-0.39, 0.29) is 12.0 Å². The van der Waals surface area contributed by atoms with Gasteiger partial charge in [-0.25, -0.2) is 0 Å². The molecule has 0 aliphatic carbocycles. The van der Waals surface area contributed by atoms with Gasteiger partial charge in [0.1, 0.15) is 10.9 Å². The molecule has 0 saturated carbocycles. The van der Waals surface area contributed by atoms with Crippen LogP contribution in [0.4, 0.5) is 0 Å². The SMILES string of the molecule is CSC(=S)N1Cc2[nH]c3ccccc3c2C[C@H]1COC(C)=O. The van der Waals surface area contributed by atoms with Crippen LogP contribution in [0.25, 0.3) is 10.9 Å². The number of hydrogen-bond acceptors (Lipinski definition) is 4. The average molecular weight is 334 g/mol. The van der Waals surface area contributed by atoms with Gasteiger partial charge in [0.2, 0.25) is 0 Å². The van der Waals surface area contributed by atoms with Crippen LogP contribution in [0.15, 0.2) is 24.3 Å². The molecule has 4 nitrogen and oxygen atoms in total. The van der Waals surface area contributed by atoms with Crippen molar-refractivity contribution in [2.45, 2.75) is 25.9 Å². The van der Waals surface area contributed by atoms with Gasteiger partial charge in [-0.2, -0.15) is 0 Å². The van der Waals surface area contributed by atoms with Gasteiger partial charge in [-0.1, -0.05) is 30.4 Å². The van der Waals surface area contributed by atoms with Gasteiger partial charge in [0.05, 0.1) is 12.6 Å². The molecule has 116 valence electrons. The zero-order valence-corrected chi connectivity index (χ0v) is 14.2. The molecule has 0 amide bonds. The number of esters is 1. The fraction of sp³-hybridized carbons (Fsp3) is 0.375. The Morgan fingerprint density at radius 2 is 2.27 bits per heavy atom. The number of carbonyl (C=O) groups is 1. The quantitative estimate of drug-likeness (QED) is 0.675. The van der Waals surface area contributed by atoms with Crippen molar-refractivity contribution in [1.29, 1.82) is 0 Å². The van der Waals surface area contributed by atoms with Crippen molar-refractivity contribution < 1.29 is 9.53 Å². The molecular weight excluding hydrogens is 316 g/mol. The fourth-order valence-corrected chi connectivity index (χ4v) is 3.62.